The molecule has 0 spiro atoms. The van der Waals surface area contributed by atoms with Crippen LogP contribution in [0.15, 0.2) is 82.3 Å². The number of carbonyl (C=O) groups is 1. The lowest BCUT2D eigenvalue weighted by Gasteiger charge is -2.35. The van der Waals surface area contributed by atoms with E-state index in [1.54, 1.807) is 22.3 Å². The Morgan fingerprint density at radius 2 is 1.97 bits per heavy atom. The summed E-state index contributed by atoms with van der Waals surface area (Å²) in [5.41, 5.74) is 3.25. The number of rotatable bonds is 6. The molecule has 0 aliphatic carbocycles. The summed E-state index contributed by atoms with van der Waals surface area (Å²) in [7, 11) is 0. The molecule has 1 unspecified atom stereocenters. The van der Waals surface area contributed by atoms with Crippen LogP contribution in [0.4, 0.5) is 4.79 Å². The average molecular weight is 477 g/mol. The first-order valence-corrected chi connectivity index (χ1v) is 11.8. The molecule has 1 aliphatic heterocycles. The lowest BCUT2D eigenvalue weighted by atomic mass is 9.94. The predicted octanol–water partition coefficient (Wildman–Crippen LogP) is 6.19. The summed E-state index contributed by atoms with van der Waals surface area (Å²) in [5.74, 6) is 0.871. The number of nitrogens with zero attached hydrogens (tertiary/aromatic N) is 3. The normalized spacial score (nSPS) is 16.2. The molecule has 2 aromatic carbocycles. The standard InChI is InChI=1S/C25H21ClN4O2S/c1-16-21(24-28-23(29-32-24)17-7-3-2-4-8-17)22(18-9-5-10-19(26)15-18)27-25(31)30(16)13-12-20-11-6-14-33-20/h2-11,14-15,22H,12-13H2,1H3,(H,27,31). The van der Waals surface area contributed by atoms with Crippen LogP contribution in [0.25, 0.3) is 17.0 Å². The fourth-order valence-electron chi connectivity index (χ4n) is 3.98. The third-order valence-electron chi connectivity index (χ3n) is 5.63. The van der Waals surface area contributed by atoms with Gasteiger partial charge in [-0.25, -0.2) is 4.79 Å². The third-order valence-corrected chi connectivity index (χ3v) is 6.80. The predicted molar refractivity (Wildman–Crippen MR) is 130 cm³/mol. The second kappa shape index (κ2) is 9.21. The topological polar surface area (TPSA) is 71.3 Å². The molecule has 0 bridgehead atoms. The molecule has 3 heterocycles. The van der Waals surface area contributed by atoms with Gasteiger partial charge >= 0.3 is 6.03 Å². The third kappa shape index (κ3) is 4.42. The van der Waals surface area contributed by atoms with Gasteiger partial charge in [0.25, 0.3) is 5.89 Å². The summed E-state index contributed by atoms with van der Waals surface area (Å²) in [5, 5.41) is 9.94. The number of amides is 2. The van der Waals surface area contributed by atoms with Crippen LogP contribution in [-0.4, -0.2) is 27.6 Å². The maximum absolute atomic E-state index is 13.1. The second-order valence-corrected chi connectivity index (χ2v) is 9.18. The Hall–Kier alpha value is -3.42. The van der Waals surface area contributed by atoms with Crippen LogP contribution in [-0.2, 0) is 6.42 Å². The van der Waals surface area contributed by atoms with Crippen LogP contribution >= 0.6 is 22.9 Å². The second-order valence-electron chi connectivity index (χ2n) is 7.71. The number of thiophene rings is 1. The van der Waals surface area contributed by atoms with Gasteiger partial charge in [0.1, 0.15) is 0 Å². The van der Waals surface area contributed by atoms with Gasteiger partial charge in [0.05, 0.1) is 11.6 Å². The number of aromatic nitrogens is 2. The number of urea groups is 1. The first-order chi connectivity index (χ1) is 16.1. The van der Waals surface area contributed by atoms with Gasteiger partial charge in [0.15, 0.2) is 0 Å². The van der Waals surface area contributed by atoms with Crippen molar-refractivity contribution in [1.29, 1.82) is 0 Å². The van der Waals surface area contributed by atoms with Crippen LogP contribution in [0.2, 0.25) is 5.02 Å². The van der Waals surface area contributed by atoms with Crippen LogP contribution in [0.3, 0.4) is 0 Å². The first kappa shape index (κ1) is 21.4. The van der Waals surface area contributed by atoms with Crippen LogP contribution < -0.4 is 5.32 Å². The molecule has 4 aromatic rings. The zero-order valence-corrected chi connectivity index (χ0v) is 19.4. The van der Waals surface area contributed by atoms with Crippen molar-refractivity contribution in [1.82, 2.24) is 20.4 Å². The molecule has 1 N–H and O–H groups in total. The molecule has 0 saturated heterocycles. The van der Waals surface area contributed by atoms with Crippen molar-refractivity contribution >= 4 is 34.5 Å². The Morgan fingerprint density at radius 1 is 1.12 bits per heavy atom. The highest BCUT2D eigenvalue weighted by molar-refractivity contribution is 7.09. The van der Waals surface area contributed by atoms with Crippen LogP contribution in [0, 0.1) is 0 Å². The molecule has 33 heavy (non-hydrogen) atoms. The average Bonchev–Trinajstić information content (AvgIpc) is 3.52. The molecule has 5 rings (SSSR count). The molecule has 0 radical (unpaired) electrons. The van der Waals surface area contributed by atoms with Crippen molar-refractivity contribution in [2.45, 2.75) is 19.4 Å². The SMILES string of the molecule is CC1=C(c2nc(-c3ccccc3)no2)C(c2cccc(Cl)c2)NC(=O)N1CCc1cccs1. The summed E-state index contributed by atoms with van der Waals surface area (Å²) in [4.78, 5) is 20.8. The van der Waals surface area contributed by atoms with Crippen molar-refractivity contribution in [3.8, 4) is 11.4 Å². The maximum atomic E-state index is 13.1. The molecule has 0 fully saturated rings. The first-order valence-electron chi connectivity index (χ1n) is 10.6. The Morgan fingerprint density at radius 3 is 2.73 bits per heavy atom. The molecule has 166 valence electrons. The van der Waals surface area contributed by atoms with Crippen molar-refractivity contribution < 1.29 is 9.32 Å². The van der Waals surface area contributed by atoms with Gasteiger partial charge in [-0.3, -0.25) is 4.90 Å². The van der Waals surface area contributed by atoms with Gasteiger partial charge < -0.3 is 9.84 Å². The monoisotopic (exact) mass is 476 g/mol. The van der Waals surface area contributed by atoms with E-state index in [0.29, 0.717) is 23.3 Å². The van der Waals surface area contributed by atoms with Gasteiger partial charge in [-0.15, -0.1) is 11.3 Å². The van der Waals surface area contributed by atoms with Gasteiger partial charge in [-0.05, 0) is 42.5 Å². The molecule has 2 aromatic heterocycles. The van der Waals surface area contributed by atoms with E-state index in [2.05, 4.69) is 21.5 Å². The smallest absolute Gasteiger partial charge is 0.322 e. The van der Waals surface area contributed by atoms with Crippen molar-refractivity contribution in [3.63, 3.8) is 0 Å². The molecule has 2 amide bonds. The maximum Gasteiger partial charge on any atom is 0.322 e. The number of nitrogens with one attached hydrogen (secondary N) is 1. The van der Waals surface area contributed by atoms with Gasteiger partial charge in [-0.2, -0.15) is 4.98 Å². The molecule has 1 atom stereocenters. The Kier molecular flexibility index (Phi) is 5.98. The highest BCUT2D eigenvalue weighted by Crippen LogP contribution is 2.38. The Balaban J connectivity index is 1.56. The van der Waals surface area contributed by atoms with E-state index in [0.717, 1.165) is 28.8 Å². The molecule has 6 nitrogen and oxygen atoms in total. The van der Waals surface area contributed by atoms with E-state index in [1.807, 2.05) is 66.9 Å². The Labute approximate surface area is 200 Å². The van der Waals surface area contributed by atoms with Crippen molar-refractivity contribution in [3.05, 3.63) is 99.2 Å². The van der Waals surface area contributed by atoms with E-state index < -0.39 is 6.04 Å². The number of carbonyl (C=O) groups excluding carboxylic acids is 1. The van der Waals surface area contributed by atoms with Crippen molar-refractivity contribution in [2.24, 2.45) is 0 Å². The minimum absolute atomic E-state index is 0.166. The van der Waals surface area contributed by atoms with Crippen LogP contribution in [0.1, 0.15) is 29.3 Å². The lowest BCUT2D eigenvalue weighted by Crippen LogP contribution is -2.46. The van der Waals surface area contributed by atoms with E-state index in [4.69, 9.17) is 16.1 Å². The summed E-state index contributed by atoms with van der Waals surface area (Å²) in [6.07, 6.45) is 0.761. The fourth-order valence-corrected chi connectivity index (χ4v) is 4.87. The zero-order chi connectivity index (χ0) is 22.8. The summed E-state index contributed by atoms with van der Waals surface area (Å²) >= 11 is 7.94. The lowest BCUT2D eigenvalue weighted by molar-refractivity contribution is 0.205. The quantitative estimate of drug-likeness (QED) is 0.360. The summed E-state index contributed by atoms with van der Waals surface area (Å²) in [6.45, 7) is 2.47. The largest absolute Gasteiger partial charge is 0.334 e. The molecular formula is C25H21ClN4O2S. The van der Waals surface area contributed by atoms with E-state index >= 15 is 0 Å². The number of halogens is 1. The molecule has 0 saturated carbocycles. The zero-order valence-electron chi connectivity index (χ0n) is 17.9. The van der Waals surface area contributed by atoms with Gasteiger partial charge in [-0.1, -0.05) is 65.3 Å². The number of hydrogen-bond acceptors (Lipinski definition) is 5. The molecule has 8 heteroatoms. The highest BCUT2D eigenvalue weighted by Gasteiger charge is 2.35. The Bertz CT molecular complexity index is 1300. The minimum atomic E-state index is -0.460. The van der Waals surface area contributed by atoms with Gasteiger partial charge in [0, 0.05) is 27.7 Å². The van der Waals surface area contributed by atoms with E-state index in [1.165, 1.54) is 4.88 Å². The van der Waals surface area contributed by atoms with E-state index in [9.17, 15) is 4.79 Å². The minimum Gasteiger partial charge on any atom is -0.334 e. The van der Waals surface area contributed by atoms with Crippen molar-refractivity contribution in [2.75, 3.05) is 6.54 Å². The number of benzene rings is 2. The summed E-state index contributed by atoms with van der Waals surface area (Å²) < 4.78 is 5.72. The van der Waals surface area contributed by atoms with E-state index in [-0.39, 0.29) is 6.03 Å². The van der Waals surface area contributed by atoms with Crippen LogP contribution in [0.5, 0.6) is 0 Å². The number of hydrogen-bond donors (Lipinski definition) is 1. The summed E-state index contributed by atoms with van der Waals surface area (Å²) in [6, 6.07) is 20.6. The van der Waals surface area contributed by atoms with Gasteiger partial charge in [0.2, 0.25) is 5.82 Å². The fraction of sp³-hybridized carbons (Fsp3) is 0.160. The molecule has 1 aliphatic rings. The highest BCUT2D eigenvalue weighted by atomic mass is 35.5. The molecular weight excluding hydrogens is 456 g/mol. The number of allylic oxidation sites excluding steroid dienone is 1.